The van der Waals surface area contributed by atoms with Crippen molar-refractivity contribution in [3.8, 4) is 22.7 Å². The molecule has 5 nitrogen and oxygen atoms in total. The largest absolute Gasteiger partial charge is 0.493 e. The first-order valence-corrected chi connectivity index (χ1v) is 13.2. The second-order valence-corrected chi connectivity index (χ2v) is 10.7. The van der Waals surface area contributed by atoms with Crippen molar-refractivity contribution >= 4 is 40.3 Å². The van der Waals surface area contributed by atoms with Crippen LogP contribution in [0.15, 0.2) is 59.6 Å². The summed E-state index contributed by atoms with van der Waals surface area (Å²) in [7, 11) is 0. The molecule has 1 aliphatic rings. The summed E-state index contributed by atoms with van der Waals surface area (Å²) in [6.45, 7) is 9.82. The Bertz CT molecular complexity index is 1250. The number of ether oxygens (including phenoxy) is 1. The van der Waals surface area contributed by atoms with Crippen molar-refractivity contribution in [3.63, 3.8) is 0 Å². The summed E-state index contributed by atoms with van der Waals surface area (Å²) in [4.78, 5) is 15.3. The number of hydrogen-bond donors (Lipinski definition) is 0. The van der Waals surface area contributed by atoms with Crippen LogP contribution < -0.4 is 4.74 Å². The molecule has 2 heterocycles. The topological polar surface area (TPSA) is 47.4 Å². The minimum atomic E-state index is -0.0367. The van der Waals surface area contributed by atoms with Crippen LogP contribution in [0.1, 0.15) is 44.7 Å². The Morgan fingerprint density at radius 3 is 2.63 bits per heavy atom. The van der Waals surface area contributed by atoms with Crippen LogP contribution in [0.4, 0.5) is 0 Å². The van der Waals surface area contributed by atoms with Crippen LogP contribution in [0.5, 0.6) is 5.75 Å². The number of hydrogen-bond acceptors (Lipinski definition) is 5. The predicted octanol–water partition coefficient (Wildman–Crippen LogP) is 6.88. The molecule has 1 aromatic heterocycles. The van der Waals surface area contributed by atoms with Crippen molar-refractivity contribution < 1.29 is 9.53 Å². The Kier molecular flexibility index (Phi) is 8.08. The lowest BCUT2D eigenvalue weighted by Crippen LogP contribution is -2.28. The van der Waals surface area contributed by atoms with Gasteiger partial charge in [0.1, 0.15) is 15.8 Å². The molecule has 1 aliphatic heterocycles. The number of aryl methyl sites for hydroxylation is 1. The van der Waals surface area contributed by atoms with Crippen LogP contribution in [0.25, 0.3) is 23.0 Å². The third-order valence-corrected chi connectivity index (χ3v) is 7.15. The Morgan fingerprint density at radius 1 is 1.17 bits per heavy atom. The summed E-state index contributed by atoms with van der Waals surface area (Å²) in [5.41, 5.74) is 4.67. The summed E-state index contributed by atoms with van der Waals surface area (Å²) in [5.74, 6) is 1.45. The molecule has 0 aliphatic carbocycles. The van der Waals surface area contributed by atoms with E-state index in [1.54, 1.807) is 4.90 Å². The fourth-order valence-corrected chi connectivity index (χ4v) is 5.15. The minimum absolute atomic E-state index is 0.0367. The van der Waals surface area contributed by atoms with Crippen LogP contribution in [0, 0.1) is 12.8 Å². The first kappa shape index (κ1) is 25.2. The van der Waals surface area contributed by atoms with Gasteiger partial charge in [0.05, 0.1) is 17.2 Å². The summed E-state index contributed by atoms with van der Waals surface area (Å²) in [6, 6.07) is 16.1. The standard InChI is InChI=1S/C28H31N3O2S2/c1-5-14-30-27(32)25(35-28(30)34)17-22-18-31(23-9-7-6-8-10-23)29-26(22)21-11-12-24(20(4)16-21)33-15-13-19(2)3/h6-12,16-19H,5,13-15H2,1-4H3. The molecule has 1 saturated heterocycles. The van der Waals surface area contributed by atoms with Crippen LogP contribution in [0.2, 0.25) is 0 Å². The number of thiocarbonyl (C=S) groups is 1. The van der Waals surface area contributed by atoms with Gasteiger partial charge in [0, 0.05) is 23.9 Å². The third kappa shape index (κ3) is 5.85. The smallest absolute Gasteiger partial charge is 0.266 e. The van der Waals surface area contributed by atoms with Crippen molar-refractivity contribution in [2.24, 2.45) is 5.92 Å². The summed E-state index contributed by atoms with van der Waals surface area (Å²) >= 11 is 6.81. The number of amides is 1. The molecule has 0 N–H and O–H groups in total. The molecule has 0 radical (unpaired) electrons. The van der Waals surface area contributed by atoms with Gasteiger partial charge < -0.3 is 4.74 Å². The molecule has 0 saturated carbocycles. The highest BCUT2D eigenvalue weighted by molar-refractivity contribution is 8.26. The lowest BCUT2D eigenvalue weighted by atomic mass is 10.0. The van der Waals surface area contributed by atoms with Gasteiger partial charge in [0.2, 0.25) is 0 Å². The fourth-order valence-electron chi connectivity index (χ4n) is 3.85. The maximum absolute atomic E-state index is 13.0. The molecule has 1 amide bonds. The molecule has 182 valence electrons. The van der Waals surface area contributed by atoms with Gasteiger partial charge in [0.25, 0.3) is 5.91 Å². The monoisotopic (exact) mass is 505 g/mol. The normalized spacial score (nSPS) is 15.0. The second-order valence-electron chi connectivity index (χ2n) is 9.06. The number of nitrogens with zero attached hydrogens (tertiary/aromatic N) is 3. The van der Waals surface area contributed by atoms with E-state index in [9.17, 15) is 4.79 Å². The van der Waals surface area contributed by atoms with Crippen LogP contribution in [-0.4, -0.2) is 38.1 Å². The zero-order valence-electron chi connectivity index (χ0n) is 20.7. The van der Waals surface area contributed by atoms with E-state index in [0.717, 1.165) is 46.7 Å². The quantitative estimate of drug-likeness (QED) is 0.234. The van der Waals surface area contributed by atoms with Crippen molar-refractivity contribution in [1.29, 1.82) is 0 Å². The molecule has 4 rings (SSSR count). The van der Waals surface area contributed by atoms with Gasteiger partial charge in [0.15, 0.2) is 0 Å². The van der Waals surface area contributed by atoms with Gasteiger partial charge in [-0.1, -0.05) is 63.0 Å². The number of benzene rings is 2. The Hall–Kier alpha value is -2.90. The number of para-hydroxylation sites is 1. The number of thioether (sulfide) groups is 1. The Balaban J connectivity index is 1.71. The minimum Gasteiger partial charge on any atom is -0.493 e. The predicted molar refractivity (Wildman–Crippen MR) is 149 cm³/mol. The number of aromatic nitrogens is 2. The first-order chi connectivity index (χ1) is 16.9. The molecule has 7 heteroatoms. The fraction of sp³-hybridized carbons (Fsp3) is 0.321. The molecular weight excluding hydrogens is 474 g/mol. The first-order valence-electron chi connectivity index (χ1n) is 12.0. The second kappa shape index (κ2) is 11.2. The summed E-state index contributed by atoms with van der Waals surface area (Å²) in [5, 5.41) is 4.91. The zero-order valence-corrected chi connectivity index (χ0v) is 22.3. The molecule has 1 fully saturated rings. The van der Waals surface area contributed by atoms with Crippen LogP contribution >= 0.6 is 24.0 Å². The van der Waals surface area contributed by atoms with Crippen molar-refractivity contribution in [2.75, 3.05) is 13.2 Å². The van der Waals surface area contributed by atoms with Crippen LogP contribution in [0.3, 0.4) is 0 Å². The third-order valence-electron chi connectivity index (χ3n) is 5.77. The molecular formula is C28H31N3O2S2. The van der Waals surface area contributed by atoms with E-state index in [0.29, 0.717) is 28.3 Å². The summed E-state index contributed by atoms with van der Waals surface area (Å²) in [6.07, 6.45) is 5.77. The molecule has 0 unspecified atom stereocenters. The number of carbonyl (C=O) groups is 1. The highest BCUT2D eigenvalue weighted by atomic mass is 32.2. The number of carbonyl (C=O) groups excluding carboxylic acids is 1. The molecule has 2 aromatic carbocycles. The molecule has 0 spiro atoms. The maximum Gasteiger partial charge on any atom is 0.266 e. The van der Waals surface area contributed by atoms with Gasteiger partial charge >= 0.3 is 0 Å². The average molecular weight is 506 g/mol. The molecule has 35 heavy (non-hydrogen) atoms. The summed E-state index contributed by atoms with van der Waals surface area (Å²) < 4.78 is 8.47. The van der Waals surface area contributed by atoms with Gasteiger partial charge in [-0.15, -0.1) is 0 Å². The van der Waals surface area contributed by atoms with Gasteiger partial charge in [-0.25, -0.2) is 4.68 Å². The van der Waals surface area contributed by atoms with Crippen LogP contribution in [-0.2, 0) is 4.79 Å². The van der Waals surface area contributed by atoms with E-state index in [1.807, 2.05) is 66.3 Å². The van der Waals surface area contributed by atoms with E-state index in [4.69, 9.17) is 22.1 Å². The highest BCUT2D eigenvalue weighted by Gasteiger charge is 2.31. The molecule has 0 bridgehead atoms. The van der Waals surface area contributed by atoms with E-state index >= 15 is 0 Å². The molecule has 3 aromatic rings. The van der Waals surface area contributed by atoms with E-state index in [1.165, 1.54) is 11.8 Å². The van der Waals surface area contributed by atoms with Crippen molar-refractivity contribution in [1.82, 2.24) is 14.7 Å². The van der Waals surface area contributed by atoms with E-state index < -0.39 is 0 Å². The Morgan fingerprint density at radius 2 is 1.94 bits per heavy atom. The van der Waals surface area contributed by atoms with Crippen molar-refractivity contribution in [3.05, 3.63) is 70.8 Å². The van der Waals surface area contributed by atoms with Gasteiger partial charge in [-0.2, -0.15) is 5.10 Å². The molecule has 0 atom stereocenters. The van der Waals surface area contributed by atoms with E-state index in [-0.39, 0.29) is 5.91 Å². The SMILES string of the molecule is CCCN1C(=O)C(=Cc2cn(-c3ccccc3)nc2-c2ccc(OCCC(C)C)c(C)c2)SC1=S. The zero-order chi connectivity index (χ0) is 24.9. The van der Waals surface area contributed by atoms with Gasteiger partial charge in [-0.3, -0.25) is 9.69 Å². The average Bonchev–Trinajstić information content (AvgIpc) is 3.37. The lowest BCUT2D eigenvalue weighted by molar-refractivity contribution is -0.122. The maximum atomic E-state index is 13.0. The lowest BCUT2D eigenvalue weighted by Gasteiger charge is -2.12. The number of rotatable bonds is 9. The van der Waals surface area contributed by atoms with Crippen molar-refractivity contribution in [2.45, 2.75) is 40.5 Å². The van der Waals surface area contributed by atoms with E-state index in [2.05, 4.69) is 26.8 Å². The highest BCUT2D eigenvalue weighted by Crippen LogP contribution is 2.35. The Labute approximate surface area is 217 Å². The van der Waals surface area contributed by atoms with Gasteiger partial charge in [-0.05, 0) is 67.7 Å².